The largest absolute Gasteiger partial charge is 0.490 e. The van der Waals surface area contributed by atoms with Crippen LogP contribution in [0.15, 0.2) is 39.4 Å². The third kappa shape index (κ3) is 6.80. The van der Waals surface area contributed by atoms with E-state index in [1.165, 1.54) is 0 Å². The van der Waals surface area contributed by atoms with Crippen LogP contribution in [0.25, 0.3) is 0 Å². The fraction of sp³-hybridized carbons (Fsp3) is 0.476. The molecular formula is C21H26BrNO7S. The summed E-state index contributed by atoms with van der Waals surface area (Å²) in [4.78, 5) is 12.9. The first-order valence-corrected chi connectivity index (χ1v) is 12.6. The molecule has 1 saturated heterocycles. The molecule has 0 radical (unpaired) electrons. The molecule has 2 heterocycles. The van der Waals surface area contributed by atoms with Crippen LogP contribution in [-0.4, -0.2) is 68.1 Å². The Bertz CT molecular complexity index is 991. The number of nitrogens with zero attached hydrogens (tertiary/aromatic N) is 1. The number of hydrogen-bond donors (Lipinski definition) is 1. The van der Waals surface area contributed by atoms with Gasteiger partial charge in [0.2, 0.25) is 0 Å². The van der Waals surface area contributed by atoms with Crippen molar-refractivity contribution in [3.63, 3.8) is 0 Å². The highest BCUT2D eigenvalue weighted by atomic mass is 79.9. The molecule has 0 saturated carbocycles. The van der Waals surface area contributed by atoms with E-state index in [0.717, 1.165) is 6.29 Å². The Balaban J connectivity index is 1.66. The van der Waals surface area contributed by atoms with Crippen LogP contribution in [0.2, 0.25) is 0 Å². The van der Waals surface area contributed by atoms with Crippen LogP contribution >= 0.6 is 15.9 Å². The van der Waals surface area contributed by atoms with Crippen molar-refractivity contribution < 1.29 is 32.2 Å². The van der Waals surface area contributed by atoms with Crippen molar-refractivity contribution in [2.45, 2.75) is 32.0 Å². The van der Waals surface area contributed by atoms with Crippen molar-refractivity contribution >= 4 is 32.1 Å². The Kier molecular flexibility index (Phi) is 8.15. The summed E-state index contributed by atoms with van der Waals surface area (Å²) in [6.45, 7) is 2.81. The van der Waals surface area contributed by atoms with E-state index >= 15 is 0 Å². The summed E-state index contributed by atoms with van der Waals surface area (Å²) in [7, 11) is -3.08. The van der Waals surface area contributed by atoms with Gasteiger partial charge in [-0.25, -0.2) is 8.42 Å². The molecule has 2 unspecified atom stereocenters. The van der Waals surface area contributed by atoms with Gasteiger partial charge in [-0.05, 0) is 59.6 Å². The number of sulfone groups is 1. The summed E-state index contributed by atoms with van der Waals surface area (Å²) in [5, 5.41) is 10.6. The quantitative estimate of drug-likeness (QED) is 0.455. The topological polar surface area (TPSA) is 106 Å². The second-order valence-electron chi connectivity index (χ2n) is 7.41. The van der Waals surface area contributed by atoms with E-state index in [1.54, 1.807) is 24.3 Å². The van der Waals surface area contributed by atoms with Gasteiger partial charge in [0.05, 0.1) is 24.7 Å². The fourth-order valence-electron chi connectivity index (χ4n) is 3.54. The van der Waals surface area contributed by atoms with Crippen LogP contribution in [0.5, 0.6) is 11.5 Å². The van der Waals surface area contributed by atoms with Crippen LogP contribution in [0.4, 0.5) is 0 Å². The number of benzene rings is 1. The minimum absolute atomic E-state index is 0.0155. The molecule has 0 amide bonds. The van der Waals surface area contributed by atoms with Crippen LogP contribution in [-0.2, 0) is 16.4 Å². The number of aliphatic hydroxyl groups is 1. The molecule has 1 aromatic carbocycles. The molecule has 1 aliphatic heterocycles. The van der Waals surface area contributed by atoms with Crippen molar-refractivity contribution in [2.24, 2.45) is 0 Å². The van der Waals surface area contributed by atoms with E-state index in [9.17, 15) is 18.3 Å². The Hall–Kier alpha value is -1.88. The zero-order chi connectivity index (χ0) is 22.4. The summed E-state index contributed by atoms with van der Waals surface area (Å²) in [6, 6.07) is 8.21. The summed E-state index contributed by atoms with van der Waals surface area (Å²) >= 11 is 3.27. The summed E-state index contributed by atoms with van der Waals surface area (Å²) in [5.74, 6) is 1.73. The molecule has 2 atom stereocenters. The Labute approximate surface area is 190 Å². The van der Waals surface area contributed by atoms with Gasteiger partial charge in [0.25, 0.3) is 0 Å². The number of halogens is 1. The highest BCUT2D eigenvalue weighted by molar-refractivity contribution is 9.10. The molecule has 8 nitrogen and oxygen atoms in total. The summed E-state index contributed by atoms with van der Waals surface area (Å²) in [6.07, 6.45) is 0.364. The van der Waals surface area contributed by atoms with Gasteiger partial charge in [0.15, 0.2) is 26.0 Å². The highest BCUT2D eigenvalue weighted by Crippen LogP contribution is 2.28. The minimum Gasteiger partial charge on any atom is -0.490 e. The van der Waals surface area contributed by atoms with E-state index in [2.05, 4.69) is 15.9 Å². The number of carbonyl (C=O) groups is 1. The highest BCUT2D eigenvalue weighted by Gasteiger charge is 2.33. The number of ether oxygens (including phenoxy) is 2. The average Bonchev–Trinajstić information content (AvgIpc) is 3.31. The lowest BCUT2D eigenvalue weighted by atomic mass is 10.2. The predicted octanol–water partition coefficient (Wildman–Crippen LogP) is 2.68. The second-order valence-corrected chi connectivity index (χ2v) is 10.4. The van der Waals surface area contributed by atoms with Crippen molar-refractivity contribution in [2.75, 3.05) is 31.3 Å². The van der Waals surface area contributed by atoms with E-state index < -0.39 is 15.9 Å². The molecule has 1 aromatic heterocycles. The first-order chi connectivity index (χ1) is 14.8. The van der Waals surface area contributed by atoms with Crippen molar-refractivity contribution in [3.05, 3.63) is 46.3 Å². The number of aldehydes is 1. The Morgan fingerprint density at radius 3 is 2.71 bits per heavy atom. The van der Waals surface area contributed by atoms with Gasteiger partial charge in [-0.1, -0.05) is 0 Å². The molecular weight excluding hydrogens is 490 g/mol. The maximum atomic E-state index is 12.0. The SMILES string of the molecule is CCOc1cc(C=O)ccc1OCC(O)CN(Cc1ccc(Br)o1)C1CCS(=O)(=O)C1. The van der Waals surface area contributed by atoms with Crippen LogP contribution in [0, 0.1) is 0 Å². The van der Waals surface area contributed by atoms with Crippen molar-refractivity contribution in [1.29, 1.82) is 0 Å². The fourth-order valence-corrected chi connectivity index (χ4v) is 5.64. The molecule has 0 aliphatic carbocycles. The van der Waals surface area contributed by atoms with E-state index in [-0.39, 0.29) is 30.7 Å². The molecule has 2 aromatic rings. The van der Waals surface area contributed by atoms with Gasteiger partial charge in [-0.3, -0.25) is 9.69 Å². The van der Waals surface area contributed by atoms with Gasteiger partial charge >= 0.3 is 0 Å². The standard InChI is InChI=1S/C21H26BrNO7S/c1-2-28-20-9-15(12-24)3-5-19(20)29-13-17(25)10-23(11-18-4-6-21(22)30-18)16-7-8-31(26,27)14-16/h3-6,9,12,16-17,25H,2,7-8,10-11,13-14H2,1H3. The number of hydrogen-bond acceptors (Lipinski definition) is 8. The lowest BCUT2D eigenvalue weighted by molar-refractivity contribution is 0.0487. The molecule has 170 valence electrons. The predicted molar refractivity (Wildman–Crippen MR) is 118 cm³/mol. The van der Waals surface area contributed by atoms with Crippen LogP contribution < -0.4 is 9.47 Å². The first kappa shape index (κ1) is 23.8. The number of aliphatic hydroxyl groups excluding tert-OH is 1. The van der Waals surface area contributed by atoms with Crippen LogP contribution in [0.3, 0.4) is 0 Å². The molecule has 1 fully saturated rings. The zero-order valence-electron chi connectivity index (χ0n) is 17.2. The van der Waals surface area contributed by atoms with Gasteiger partial charge in [0.1, 0.15) is 24.8 Å². The zero-order valence-corrected chi connectivity index (χ0v) is 19.6. The van der Waals surface area contributed by atoms with E-state index in [4.69, 9.17) is 13.9 Å². The smallest absolute Gasteiger partial charge is 0.169 e. The normalized spacial score (nSPS) is 18.8. The van der Waals surface area contributed by atoms with E-state index in [1.807, 2.05) is 17.9 Å². The maximum absolute atomic E-state index is 12.0. The second kappa shape index (κ2) is 10.6. The van der Waals surface area contributed by atoms with Gasteiger partial charge in [-0.2, -0.15) is 0 Å². The molecule has 0 bridgehead atoms. The van der Waals surface area contributed by atoms with E-state index in [0.29, 0.717) is 47.1 Å². The Morgan fingerprint density at radius 2 is 2.10 bits per heavy atom. The molecule has 0 spiro atoms. The number of furan rings is 1. The average molecular weight is 516 g/mol. The van der Waals surface area contributed by atoms with Crippen molar-refractivity contribution in [1.82, 2.24) is 4.90 Å². The summed E-state index contributed by atoms with van der Waals surface area (Å²) < 4.78 is 41.4. The molecule has 1 aliphatic rings. The lowest BCUT2D eigenvalue weighted by Crippen LogP contribution is -2.42. The molecule has 10 heteroatoms. The number of rotatable bonds is 11. The van der Waals surface area contributed by atoms with Gasteiger partial charge in [-0.15, -0.1) is 0 Å². The maximum Gasteiger partial charge on any atom is 0.169 e. The van der Waals surface area contributed by atoms with Gasteiger partial charge in [0, 0.05) is 18.2 Å². The number of carbonyl (C=O) groups excluding carboxylic acids is 1. The third-order valence-corrected chi connectivity index (χ3v) is 7.17. The monoisotopic (exact) mass is 515 g/mol. The van der Waals surface area contributed by atoms with Crippen molar-refractivity contribution in [3.8, 4) is 11.5 Å². The molecule has 1 N–H and O–H groups in total. The minimum atomic E-state index is -3.08. The van der Waals surface area contributed by atoms with Gasteiger partial charge < -0.3 is 19.0 Å². The summed E-state index contributed by atoms with van der Waals surface area (Å²) in [5.41, 5.74) is 0.467. The first-order valence-electron chi connectivity index (χ1n) is 10.0. The molecule has 3 rings (SSSR count). The lowest BCUT2D eigenvalue weighted by Gasteiger charge is -2.29. The third-order valence-electron chi connectivity index (χ3n) is 4.99. The molecule has 31 heavy (non-hydrogen) atoms. The van der Waals surface area contributed by atoms with Crippen LogP contribution in [0.1, 0.15) is 29.5 Å². The Morgan fingerprint density at radius 1 is 1.29 bits per heavy atom.